The van der Waals surface area contributed by atoms with Crippen LogP contribution in [-0.2, 0) is 9.59 Å². The topological polar surface area (TPSA) is 49.4 Å². The highest BCUT2D eigenvalue weighted by Crippen LogP contribution is 2.35. The summed E-state index contributed by atoms with van der Waals surface area (Å²) in [5.41, 5.74) is -0.607. The average Bonchev–Trinajstić information content (AvgIpc) is 2.42. The lowest BCUT2D eigenvalue weighted by Crippen LogP contribution is -2.72. The van der Waals surface area contributed by atoms with Crippen LogP contribution in [0, 0.1) is 5.92 Å². The third-order valence-electron chi connectivity index (χ3n) is 5.14. The van der Waals surface area contributed by atoms with Gasteiger partial charge in [-0.25, -0.2) is 0 Å². The van der Waals surface area contributed by atoms with Crippen molar-refractivity contribution in [3.8, 4) is 0 Å². The minimum Gasteiger partial charge on any atom is -0.340 e. The summed E-state index contributed by atoms with van der Waals surface area (Å²) >= 11 is 0. The molecule has 1 spiro atoms. The van der Waals surface area contributed by atoms with Crippen LogP contribution >= 0.6 is 0 Å². The average molecular weight is 280 g/mol. The Labute approximate surface area is 122 Å². The second-order valence-corrected chi connectivity index (χ2v) is 6.75. The van der Waals surface area contributed by atoms with Gasteiger partial charge < -0.3 is 10.2 Å². The fourth-order valence-corrected chi connectivity index (χ4v) is 3.55. The monoisotopic (exact) mass is 280 g/mol. The quantitative estimate of drug-likeness (QED) is 0.863. The van der Waals surface area contributed by atoms with Crippen molar-refractivity contribution in [3.05, 3.63) is 0 Å². The highest BCUT2D eigenvalue weighted by atomic mass is 16.2. The van der Waals surface area contributed by atoms with Crippen molar-refractivity contribution in [1.82, 2.24) is 10.2 Å². The van der Waals surface area contributed by atoms with E-state index < -0.39 is 5.54 Å². The van der Waals surface area contributed by atoms with Crippen LogP contribution in [0.15, 0.2) is 0 Å². The van der Waals surface area contributed by atoms with Crippen molar-refractivity contribution in [2.75, 3.05) is 0 Å². The molecule has 2 rings (SSSR count). The summed E-state index contributed by atoms with van der Waals surface area (Å²) in [6.45, 7) is 8.28. The van der Waals surface area contributed by atoms with Crippen molar-refractivity contribution in [2.24, 2.45) is 5.92 Å². The van der Waals surface area contributed by atoms with Crippen molar-refractivity contribution in [2.45, 2.75) is 83.8 Å². The van der Waals surface area contributed by atoms with Crippen molar-refractivity contribution in [3.63, 3.8) is 0 Å². The molecule has 1 saturated carbocycles. The molecular weight excluding hydrogens is 252 g/mol. The van der Waals surface area contributed by atoms with Crippen molar-refractivity contribution < 1.29 is 9.59 Å². The minimum absolute atomic E-state index is 0.0431. The summed E-state index contributed by atoms with van der Waals surface area (Å²) in [5, 5.41) is 3.08. The molecule has 1 aliphatic heterocycles. The van der Waals surface area contributed by atoms with E-state index in [4.69, 9.17) is 0 Å². The van der Waals surface area contributed by atoms with Gasteiger partial charge in [0.2, 0.25) is 11.8 Å². The van der Waals surface area contributed by atoms with Gasteiger partial charge >= 0.3 is 0 Å². The molecule has 1 aliphatic carbocycles. The number of carbonyl (C=O) groups is 2. The van der Waals surface area contributed by atoms with Gasteiger partial charge in [0.05, 0.1) is 0 Å². The van der Waals surface area contributed by atoms with Gasteiger partial charge in [0.1, 0.15) is 11.6 Å². The fraction of sp³-hybridized carbons (Fsp3) is 0.875. The van der Waals surface area contributed by atoms with Crippen LogP contribution < -0.4 is 5.32 Å². The summed E-state index contributed by atoms with van der Waals surface area (Å²) in [6.07, 6.45) is 5.52. The van der Waals surface area contributed by atoms with Gasteiger partial charge in [-0.3, -0.25) is 9.59 Å². The molecule has 0 aromatic carbocycles. The van der Waals surface area contributed by atoms with Crippen LogP contribution in [0.3, 0.4) is 0 Å². The second-order valence-electron chi connectivity index (χ2n) is 6.75. The highest BCUT2D eigenvalue weighted by molar-refractivity contribution is 6.00. The molecule has 0 bridgehead atoms. The first-order chi connectivity index (χ1) is 9.43. The summed E-state index contributed by atoms with van der Waals surface area (Å²) in [4.78, 5) is 27.4. The number of carbonyl (C=O) groups excluding carboxylic acids is 2. The maximum atomic E-state index is 13.1. The summed E-state index contributed by atoms with van der Waals surface area (Å²) in [7, 11) is 0. The Bertz CT molecular complexity index is 386. The third-order valence-corrected chi connectivity index (χ3v) is 5.14. The molecule has 4 nitrogen and oxygen atoms in total. The van der Waals surface area contributed by atoms with Gasteiger partial charge in [-0.2, -0.15) is 0 Å². The lowest BCUT2D eigenvalue weighted by atomic mass is 9.77. The lowest BCUT2D eigenvalue weighted by Gasteiger charge is -2.50. The molecule has 2 amide bonds. The van der Waals surface area contributed by atoms with E-state index in [2.05, 4.69) is 26.1 Å². The number of rotatable bonds is 3. The van der Waals surface area contributed by atoms with Crippen LogP contribution in [0.25, 0.3) is 0 Å². The predicted octanol–water partition coefficient (Wildman–Crippen LogP) is 2.47. The number of amides is 2. The zero-order chi connectivity index (χ0) is 14.9. The summed E-state index contributed by atoms with van der Waals surface area (Å²) < 4.78 is 0. The molecule has 114 valence electrons. The van der Waals surface area contributed by atoms with Gasteiger partial charge in [-0.15, -0.1) is 0 Å². The van der Waals surface area contributed by atoms with Crippen molar-refractivity contribution in [1.29, 1.82) is 0 Å². The number of hydrogen-bond donors (Lipinski definition) is 1. The van der Waals surface area contributed by atoms with E-state index in [1.807, 2.05) is 11.8 Å². The predicted molar refractivity (Wildman–Crippen MR) is 79.2 cm³/mol. The van der Waals surface area contributed by atoms with Crippen LogP contribution in [0.5, 0.6) is 0 Å². The lowest BCUT2D eigenvalue weighted by molar-refractivity contribution is -0.160. The zero-order valence-electron chi connectivity index (χ0n) is 13.2. The molecule has 2 atom stereocenters. The maximum absolute atomic E-state index is 13.1. The highest BCUT2D eigenvalue weighted by Gasteiger charge is 2.51. The Morgan fingerprint density at radius 2 is 1.80 bits per heavy atom. The first-order valence-corrected chi connectivity index (χ1v) is 8.07. The smallest absolute Gasteiger partial charge is 0.249 e. The van der Waals surface area contributed by atoms with Gasteiger partial charge in [-0.05, 0) is 32.1 Å². The van der Waals surface area contributed by atoms with Gasteiger partial charge in [-0.1, -0.05) is 40.0 Å². The molecule has 1 saturated heterocycles. The molecular formula is C16H28N2O2. The van der Waals surface area contributed by atoms with E-state index in [1.54, 1.807) is 0 Å². The molecule has 0 aromatic rings. The first kappa shape index (κ1) is 15.3. The third kappa shape index (κ3) is 2.45. The summed E-state index contributed by atoms with van der Waals surface area (Å²) in [5.74, 6) is 0.561. The standard InChI is InChI=1S/C16H28N2O2/c1-5-13-14(19)17-16(9-7-6-8-10-16)15(20)18(13)12(4)11(2)3/h11-13H,5-10H2,1-4H3,(H,17,19). The Morgan fingerprint density at radius 1 is 1.20 bits per heavy atom. The van der Waals surface area contributed by atoms with Crippen molar-refractivity contribution >= 4 is 11.8 Å². The number of piperazine rings is 1. The normalized spacial score (nSPS) is 27.9. The maximum Gasteiger partial charge on any atom is 0.249 e. The molecule has 0 radical (unpaired) electrons. The van der Waals surface area contributed by atoms with Gasteiger partial charge in [0.15, 0.2) is 0 Å². The SMILES string of the molecule is CCC1C(=O)NC2(CCCCC2)C(=O)N1C(C)C(C)C. The molecule has 2 unspecified atom stereocenters. The molecule has 4 heteroatoms. The summed E-state index contributed by atoms with van der Waals surface area (Å²) in [6, 6.07) is -0.190. The number of nitrogens with one attached hydrogen (secondary N) is 1. The van der Waals surface area contributed by atoms with Crippen LogP contribution in [0.1, 0.15) is 66.2 Å². The van der Waals surface area contributed by atoms with E-state index in [-0.39, 0.29) is 23.9 Å². The Kier molecular flexibility index (Phi) is 4.40. The molecule has 20 heavy (non-hydrogen) atoms. The van der Waals surface area contributed by atoms with E-state index in [9.17, 15) is 9.59 Å². The van der Waals surface area contributed by atoms with Crippen LogP contribution in [-0.4, -0.2) is 34.3 Å². The number of nitrogens with zero attached hydrogens (tertiary/aromatic N) is 1. The van der Waals surface area contributed by atoms with E-state index in [0.29, 0.717) is 12.3 Å². The van der Waals surface area contributed by atoms with Gasteiger partial charge in [0.25, 0.3) is 0 Å². The van der Waals surface area contributed by atoms with E-state index in [0.717, 1.165) is 25.7 Å². The molecule has 1 heterocycles. The molecule has 2 aliphatic rings. The zero-order valence-corrected chi connectivity index (χ0v) is 13.2. The van der Waals surface area contributed by atoms with Crippen LogP contribution in [0.4, 0.5) is 0 Å². The molecule has 1 N–H and O–H groups in total. The van der Waals surface area contributed by atoms with Crippen LogP contribution in [0.2, 0.25) is 0 Å². The Morgan fingerprint density at radius 3 is 2.30 bits per heavy atom. The minimum atomic E-state index is -0.607. The largest absolute Gasteiger partial charge is 0.340 e. The van der Waals surface area contributed by atoms with Gasteiger partial charge in [0, 0.05) is 6.04 Å². The second kappa shape index (κ2) is 5.74. The first-order valence-electron chi connectivity index (χ1n) is 8.07. The number of hydrogen-bond acceptors (Lipinski definition) is 2. The van der Waals surface area contributed by atoms with E-state index >= 15 is 0 Å². The Balaban J connectivity index is 2.33. The van der Waals surface area contributed by atoms with E-state index in [1.165, 1.54) is 6.42 Å². The molecule has 0 aromatic heterocycles. The molecule has 2 fully saturated rings. The Hall–Kier alpha value is -1.06. The fourth-order valence-electron chi connectivity index (χ4n) is 3.55.